The SMILES string of the molecule is CCOc1ncnc(NNC(=O)c2ccccc2[N+](=O)[O-])c1[N+](=O)[O-]. The molecule has 25 heavy (non-hydrogen) atoms. The normalized spacial score (nSPS) is 9.96. The summed E-state index contributed by atoms with van der Waals surface area (Å²) in [5.41, 5.74) is 3.19. The van der Waals surface area contributed by atoms with E-state index in [9.17, 15) is 25.0 Å². The summed E-state index contributed by atoms with van der Waals surface area (Å²) in [4.78, 5) is 40.1. The van der Waals surface area contributed by atoms with Crippen LogP contribution in [0.2, 0.25) is 0 Å². The van der Waals surface area contributed by atoms with Crippen LogP contribution in [0.25, 0.3) is 0 Å². The number of nitrogens with zero attached hydrogens (tertiary/aromatic N) is 4. The van der Waals surface area contributed by atoms with E-state index in [1.165, 1.54) is 18.2 Å². The highest BCUT2D eigenvalue weighted by atomic mass is 16.6. The third kappa shape index (κ3) is 3.93. The molecule has 0 radical (unpaired) electrons. The van der Waals surface area contributed by atoms with Crippen molar-refractivity contribution in [1.82, 2.24) is 15.4 Å². The zero-order chi connectivity index (χ0) is 18.4. The number of hydrogen-bond donors (Lipinski definition) is 2. The number of carbonyl (C=O) groups is 1. The van der Waals surface area contributed by atoms with Gasteiger partial charge < -0.3 is 4.74 Å². The minimum absolute atomic E-state index is 0.139. The zero-order valence-electron chi connectivity index (χ0n) is 12.8. The fourth-order valence-corrected chi connectivity index (χ4v) is 1.87. The Bertz CT molecular complexity index is 826. The number of anilines is 1. The molecule has 0 atom stereocenters. The van der Waals surface area contributed by atoms with Crippen LogP contribution in [0.1, 0.15) is 17.3 Å². The van der Waals surface area contributed by atoms with Crippen molar-refractivity contribution < 1.29 is 19.4 Å². The number of carbonyl (C=O) groups excluding carboxylic acids is 1. The average Bonchev–Trinajstić information content (AvgIpc) is 2.59. The van der Waals surface area contributed by atoms with Gasteiger partial charge in [-0.2, -0.15) is 4.98 Å². The number of amides is 1. The second-order valence-corrected chi connectivity index (χ2v) is 4.42. The van der Waals surface area contributed by atoms with Gasteiger partial charge in [-0.15, -0.1) is 0 Å². The third-order valence-corrected chi connectivity index (χ3v) is 2.89. The van der Waals surface area contributed by atoms with E-state index in [0.717, 1.165) is 12.4 Å². The van der Waals surface area contributed by atoms with Gasteiger partial charge in [-0.25, -0.2) is 4.98 Å². The molecular formula is C13H12N6O6. The maximum Gasteiger partial charge on any atom is 0.374 e. The maximum atomic E-state index is 12.1. The van der Waals surface area contributed by atoms with Crippen LogP contribution in [0, 0.1) is 20.2 Å². The summed E-state index contributed by atoms with van der Waals surface area (Å²) in [6.07, 6.45) is 1.01. The van der Waals surface area contributed by atoms with Crippen LogP contribution in [0.3, 0.4) is 0 Å². The molecule has 130 valence electrons. The second kappa shape index (κ2) is 7.63. The molecule has 0 fully saturated rings. The lowest BCUT2D eigenvalue weighted by molar-refractivity contribution is -0.385. The number of benzene rings is 1. The number of aromatic nitrogens is 2. The molecule has 0 aliphatic rings. The minimum Gasteiger partial charge on any atom is -0.473 e. The first-order valence-corrected chi connectivity index (χ1v) is 6.87. The van der Waals surface area contributed by atoms with Gasteiger partial charge in [0.05, 0.1) is 16.5 Å². The smallest absolute Gasteiger partial charge is 0.374 e. The molecule has 2 N–H and O–H groups in total. The second-order valence-electron chi connectivity index (χ2n) is 4.42. The Morgan fingerprint density at radius 3 is 2.56 bits per heavy atom. The molecule has 1 aromatic carbocycles. The zero-order valence-corrected chi connectivity index (χ0v) is 12.8. The summed E-state index contributed by atoms with van der Waals surface area (Å²) in [7, 11) is 0. The molecule has 1 heterocycles. The van der Waals surface area contributed by atoms with Gasteiger partial charge in [0.15, 0.2) is 0 Å². The summed E-state index contributed by atoms with van der Waals surface area (Å²) >= 11 is 0. The van der Waals surface area contributed by atoms with Gasteiger partial charge >= 0.3 is 5.69 Å². The predicted octanol–water partition coefficient (Wildman–Crippen LogP) is 1.45. The largest absolute Gasteiger partial charge is 0.473 e. The molecule has 0 aliphatic carbocycles. The van der Waals surface area contributed by atoms with Gasteiger partial charge in [0.2, 0.25) is 5.82 Å². The molecule has 1 aromatic heterocycles. The van der Waals surface area contributed by atoms with Crippen molar-refractivity contribution in [3.63, 3.8) is 0 Å². The lowest BCUT2D eigenvalue weighted by atomic mass is 10.2. The summed E-state index contributed by atoms with van der Waals surface area (Å²) < 4.78 is 5.05. The van der Waals surface area contributed by atoms with Crippen LogP contribution < -0.4 is 15.6 Å². The van der Waals surface area contributed by atoms with Crippen molar-refractivity contribution in [3.8, 4) is 5.88 Å². The van der Waals surface area contributed by atoms with Gasteiger partial charge in [0, 0.05) is 6.07 Å². The van der Waals surface area contributed by atoms with Crippen LogP contribution >= 0.6 is 0 Å². The van der Waals surface area contributed by atoms with Gasteiger partial charge in [0.25, 0.3) is 17.5 Å². The standard InChI is InChI=1S/C13H12N6O6/c1-2-25-13-10(19(23)24)11(14-7-15-13)16-17-12(20)8-5-3-4-6-9(8)18(21)22/h3-7H,2H2,1H3,(H,17,20)(H,14,15,16). The Morgan fingerprint density at radius 1 is 1.20 bits per heavy atom. The quantitative estimate of drug-likeness (QED) is 0.556. The van der Waals surface area contributed by atoms with Crippen molar-refractivity contribution in [2.24, 2.45) is 0 Å². The van der Waals surface area contributed by atoms with E-state index in [4.69, 9.17) is 4.74 Å². The van der Waals surface area contributed by atoms with Gasteiger partial charge in [-0.1, -0.05) is 12.1 Å². The molecule has 2 rings (SSSR count). The average molecular weight is 348 g/mol. The molecule has 0 saturated heterocycles. The van der Waals surface area contributed by atoms with Crippen LogP contribution in [0.15, 0.2) is 30.6 Å². The van der Waals surface area contributed by atoms with Crippen LogP contribution in [0.4, 0.5) is 17.2 Å². The van der Waals surface area contributed by atoms with Crippen molar-refractivity contribution in [1.29, 1.82) is 0 Å². The Morgan fingerprint density at radius 2 is 1.92 bits per heavy atom. The summed E-state index contributed by atoms with van der Waals surface area (Å²) in [6.45, 7) is 1.76. The fraction of sp³-hybridized carbons (Fsp3) is 0.154. The van der Waals surface area contributed by atoms with E-state index in [1.807, 2.05) is 0 Å². The predicted molar refractivity (Wildman–Crippen MR) is 84.0 cm³/mol. The van der Waals surface area contributed by atoms with Crippen molar-refractivity contribution >= 4 is 23.1 Å². The van der Waals surface area contributed by atoms with Crippen LogP contribution in [-0.4, -0.2) is 32.3 Å². The Balaban J connectivity index is 2.25. The molecular weight excluding hydrogens is 336 g/mol. The van der Waals surface area contributed by atoms with E-state index >= 15 is 0 Å². The number of para-hydroxylation sites is 1. The fourth-order valence-electron chi connectivity index (χ4n) is 1.87. The van der Waals surface area contributed by atoms with E-state index in [1.54, 1.807) is 6.92 Å². The Kier molecular flexibility index (Phi) is 5.35. The van der Waals surface area contributed by atoms with E-state index in [0.29, 0.717) is 0 Å². The number of hydrazine groups is 1. The van der Waals surface area contributed by atoms with E-state index in [-0.39, 0.29) is 23.9 Å². The van der Waals surface area contributed by atoms with Crippen LogP contribution in [-0.2, 0) is 0 Å². The van der Waals surface area contributed by atoms with Gasteiger partial charge in [-0.05, 0) is 13.0 Å². The summed E-state index contributed by atoms with van der Waals surface area (Å²) in [5, 5.41) is 22.1. The highest BCUT2D eigenvalue weighted by molar-refractivity contribution is 5.98. The van der Waals surface area contributed by atoms with Gasteiger partial charge in [0.1, 0.15) is 11.9 Å². The van der Waals surface area contributed by atoms with Crippen molar-refractivity contribution in [2.45, 2.75) is 6.92 Å². The van der Waals surface area contributed by atoms with Gasteiger partial charge in [-0.3, -0.25) is 35.9 Å². The summed E-state index contributed by atoms with van der Waals surface area (Å²) in [5.74, 6) is -1.46. The molecule has 1 amide bonds. The number of nitro benzene ring substituents is 1. The number of rotatable bonds is 7. The van der Waals surface area contributed by atoms with Crippen LogP contribution in [0.5, 0.6) is 5.88 Å². The first-order valence-electron chi connectivity index (χ1n) is 6.87. The molecule has 12 heteroatoms. The first-order chi connectivity index (χ1) is 12.0. The molecule has 0 bridgehead atoms. The molecule has 0 saturated carbocycles. The summed E-state index contributed by atoms with van der Waals surface area (Å²) in [6, 6.07) is 5.26. The monoisotopic (exact) mass is 348 g/mol. The molecule has 2 aromatic rings. The third-order valence-electron chi connectivity index (χ3n) is 2.89. The number of ether oxygens (including phenoxy) is 1. The Labute approximate surface area is 140 Å². The highest BCUT2D eigenvalue weighted by Gasteiger charge is 2.25. The first kappa shape index (κ1) is 17.5. The molecule has 0 spiro atoms. The van der Waals surface area contributed by atoms with E-state index in [2.05, 4.69) is 20.8 Å². The number of nitro groups is 2. The lowest BCUT2D eigenvalue weighted by Crippen LogP contribution is -2.30. The maximum absolute atomic E-state index is 12.1. The van der Waals surface area contributed by atoms with E-state index < -0.39 is 27.1 Å². The molecule has 0 unspecified atom stereocenters. The topological polar surface area (TPSA) is 162 Å². The highest BCUT2D eigenvalue weighted by Crippen LogP contribution is 2.30. The van der Waals surface area contributed by atoms with Crippen molar-refractivity contribution in [2.75, 3.05) is 12.0 Å². The van der Waals surface area contributed by atoms with Crippen molar-refractivity contribution in [3.05, 3.63) is 56.4 Å². The Hall–Kier alpha value is -3.83. The number of hydrogen-bond acceptors (Lipinski definition) is 9. The minimum atomic E-state index is -0.863. The lowest BCUT2D eigenvalue weighted by Gasteiger charge is -2.09. The molecule has 0 aliphatic heterocycles. The molecule has 12 nitrogen and oxygen atoms in total. The number of nitrogens with one attached hydrogen (secondary N) is 2.